The Morgan fingerprint density at radius 1 is 1.40 bits per heavy atom. The van der Waals surface area contributed by atoms with Crippen LogP contribution in [-0.2, 0) is 18.8 Å². The van der Waals surface area contributed by atoms with Crippen LogP contribution in [-0.4, -0.2) is 38.7 Å². The zero-order chi connectivity index (χ0) is 18.8. The normalized spacial score (nSPS) is 21.2. The van der Waals surface area contributed by atoms with E-state index in [9.17, 15) is 14.2 Å². The first-order valence-electron chi connectivity index (χ1n) is 7.28. The molecule has 138 valence electrons. The van der Waals surface area contributed by atoms with Crippen LogP contribution in [0.1, 0.15) is 20.1 Å². The zero-order valence-electron chi connectivity index (χ0n) is 13.8. The average Bonchev–Trinajstić information content (AvgIpc) is 2.81. The quantitative estimate of drug-likeness (QED) is 0.608. The summed E-state index contributed by atoms with van der Waals surface area (Å²) in [6.45, 7) is 3.51. The zero-order valence-corrected chi connectivity index (χ0v) is 14.7. The fourth-order valence-corrected chi connectivity index (χ4v) is 2.57. The molecule has 3 N–H and O–H groups in total. The van der Waals surface area contributed by atoms with E-state index >= 15 is 0 Å². The number of hydrogen-bond donors (Lipinski definition) is 3. The summed E-state index contributed by atoms with van der Waals surface area (Å²) in [5, 5.41) is 0. The summed E-state index contributed by atoms with van der Waals surface area (Å²) in [7, 11) is -3.05. The Labute approximate surface area is 142 Å². The number of aromatic amines is 1. The molecule has 0 saturated heterocycles. The molecule has 0 radical (unpaired) electrons. The van der Waals surface area contributed by atoms with Crippen LogP contribution >= 0.6 is 7.60 Å². The molecule has 0 amide bonds. The molecule has 0 spiro atoms. The van der Waals surface area contributed by atoms with Gasteiger partial charge in [0.15, 0.2) is 17.6 Å². The standard InChI is InChI=1S/C14H19N2O8P/c1-8(2)23-11-9(5-7-25(19,20)21)24-13(12(11)22-3)16-6-4-10(17)15-14(16)18/h4-8,12-13H,1-3H3,(H,15,17,18)(H2,19,20,21)/b7-5+/t12?,13-/m1/s1. The molecular formula is C14H19N2O8P. The molecule has 25 heavy (non-hydrogen) atoms. The SMILES string of the molecule is COC1C(OC(C)C)=C(/C=C/P(=O)(O)O)O[C@H]1n1ccc(=O)[nH]c1=O. The number of ether oxygens (including phenoxy) is 3. The van der Waals surface area contributed by atoms with Gasteiger partial charge in [0.2, 0.25) is 6.23 Å². The third-order valence-electron chi connectivity index (χ3n) is 3.17. The van der Waals surface area contributed by atoms with E-state index in [0.717, 1.165) is 16.7 Å². The summed E-state index contributed by atoms with van der Waals surface area (Å²) >= 11 is 0. The molecule has 2 heterocycles. The molecule has 0 bridgehead atoms. The van der Waals surface area contributed by atoms with Crippen LogP contribution in [0.2, 0.25) is 0 Å². The van der Waals surface area contributed by atoms with Crippen molar-refractivity contribution in [1.29, 1.82) is 0 Å². The predicted molar refractivity (Wildman–Crippen MR) is 86.7 cm³/mol. The lowest BCUT2D eigenvalue weighted by Gasteiger charge is -2.22. The van der Waals surface area contributed by atoms with Gasteiger partial charge in [-0.1, -0.05) is 0 Å². The molecule has 1 aromatic heterocycles. The number of methoxy groups -OCH3 is 1. The van der Waals surface area contributed by atoms with Crippen LogP contribution in [0.4, 0.5) is 0 Å². The highest BCUT2D eigenvalue weighted by Gasteiger charge is 2.40. The van der Waals surface area contributed by atoms with Gasteiger partial charge in [0, 0.05) is 25.2 Å². The van der Waals surface area contributed by atoms with E-state index in [4.69, 9.17) is 24.0 Å². The summed E-state index contributed by atoms with van der Waals surface area (Å²) in [6, 6.07) is 1.14. The first-order chi connectivity index (χ1) is 11.6. The topological polar surface area (TPSA) is 140 Å². The molecule has 0 saturated carbocycles. The molecule has 1 unspecified atom stereocenters. The third-order valence-corrected chi connectivity index (χ3v) is 3.71. The van der Waals surface area contributed by atoms with Crippen molar-refractivity contribution in [2.24, 2.45) is 0 Å². The highest BCUT2D eigenvalue weighted by molar-refractivity contribution is 7.55. The van der Waals surface area contributed by atoms with Gasteiger partial charge < -0.3 is 24.0 Å². The first-order valence-corrected chi connectivity index (χ1v) is 8.96. The van der Waals surface area contributed by atoms with E-state index < -0.39 is 31.2 Å². The van der Waals surface area contributed by atoms with Gasteiger partial charge in [-0.3, -0.25) is 18.9 Å². The summed E-state index contributed by atoms with van der Waals surface area (Å²) in [5.74, 6) is 0.869. The van der Waals surface area contributed by atoms with E-state index in [1.807, 2.05) is 0 Å². The third kappa shape index (κ3) is 4.70. The van der Waals surface area contributed by atoms with Crippen molar-refractivity contribution >= 4 is 7.60 Å². The largest absolute Gasteiger partial charge is 0.488 e. The van der Waals surface area contributed by atoms with Crippen LogP contribution < -0.4 is 11.2 Å². The number of nitrogens with one attached hydrogen (secondary N) is 1. The number of rotatable bonds is 6. The van der Waals surface area contributed by atoms with Gasteiger partial charge in [0.1, 0.15) is 0 Å². The second-order valence-electron chi connectivity index (χ2n) is 5.48. The van der Waals surface area contributed by atoms with Gasteiger partial charge in [-0.25, -0.2) is 4.79 Å². The second-order valence-corrected chi connectivity index (χ2v) is 6.96. The van der Waals surface area contributed by atoms with Crippen molar-refractivity contribution in [1.82, 2.24) is 9.55 Å². The van der Waals surface area contributed by atoms with Gasteiger partial charge in [-0.15, -0.1) is 0 Å². The molecular weight excluding hydrogens is 355 g/mol. The number of hydrogen-bond acceptors (Lipinski definition) is 6. The molecule has 1 aliphatic heterocycles. The van der Waals surface area contributed by atoms with Crippen LogP contribution in [0, 0.1) is 0 Å². The lowest BCUT2D eigenvalue weighted by Crippen LogP contribution is -2.36. The predicted octanol–water partition coefficient (Wildman–Crippen LogP) is 0.408. The van der Waals surface area contributed by atoms with Crippen LogP contribution in [0.5, 0.6) is 0 Å². The van der Waals surface area contributed by atoms with Crippen molar-refractivity contribution < 1.29 is 28.6 Å². The lowest BCUT2D eigenvalue weighted by molar-refractivity contribution is -0.0405. The highest BCUT2D eigenvalue weighted by atomic mass is 31.2. The van der Waals surface area contributed by atoms with Crippen molar-refractivity contribution in [2.75, 3.05) is 7.11 Å². The van der Waals surface area contributed by atoms with Gasteiger partial charge in [-0.05, 0) is 19.9 Å². The number of aromatic nitrogens is 2. The maximum Gasteiger partial charge on any atom is 0.349 e. The lowest BCUT2D eigenvalue weighted by atomic mass is 10.2. The Morgan fingerprint density at radius 2 is 2.08 bits per heavy atom. The van der Waals surface area contributed by atoms with E-state index in [1.165, 1.54) is 13.3 Å². The van der Waals surface area contributed by atoms with Gasteiger partial charge in [0.05, 0.1) is 6.10 Å². The maximum absolute atomic E-state index is 12.0. The maximum atomic E-state index is 12.0. The Morgan fingerprint density at radius 3 is 2.60 bits per heavy atom. The van der Waals surface area contributed by atoms with Crippen molar-refractivity contribution in [2.45, 2.75) is 32.3 Å². The van der Waals surface area contributed by atoms with Crippen LogP contribution in [0.15, 0.2) is 45.3 Å². The second kappa shape index (κ2) is 7.40. The Bertz CT molecular complexity index is 847. The molecule has 2 atom stereocenters. The minimum atomic E-state index is -4.42. The number of allylic oxidation sites excluding steroid dienone is 1. The molecule has 0 aromatic carbocycles. The Hall–Kier alpha value is -2.13. The van der Waals surface area contributed by atoms with Gasteiger partial charge in [-0.2, -0.15) is 0 Å². The Balaban J connectivity index is 2.47. The smallest absolute Gasteiger partial charge is 0.349 e. The van der Waals surface area contributed by atoms with Crippen LogP contribution in [0.25, 0.3) is 0 Å². The van der Waals surface area contributed by atoms with Crippen molar-refractivity contribution in [3.63, 3.8) is 0 Å². The summed E-state index contributed by atoms with van der Waals surface area (Å²) in [5.41, 5.74) is -1.29. The summed E-state index contributed by atoms with van der Waals surface area (Å²) in [4.78, 5) is 43.3. The van der Waals surface area contributed by atoms with Crippen molar-refractivity contribution in [3.8, 4) is 0 Å². The minimum Gasteiger partial charge on any atom is -0.488 e. The molecule has 11 heteroatoms. The summed E-state index contributed by atoms with van der Waals surface area (Å²) < 4.78 is 28.8. The molecule has 10 nitrogen and oxygen atoms in total. The van der Waals surface area contributed by atoms with E-state index in [0.29, 0.717) is 5.82 Å². The van der Waals surface area contributed by atoms with E-state index in [1.54, 1.807) is 13.8 Å². The van der Waals surface area contributed by atoms with Gasteiger partial charge in [0.25, 0.3) is 5.56 Å². The Kier molecular flexibility index (Phi) is 5.69. The van der Waals surface area contributed by atoms with Crippen LogP contribution in [0.3, 0.4) is 0 Å². The first kappa shape index (κ1) is 19.2. The fourth-order valence-electron chi connectivity index (χ4n) is 2.24. The number of nitrogens with zero attached hydrogens (tertiary/aromatic N) is 1. The van der Waals surface area contributed by atoms with Gasteiger partial charge >= 0.3 is 13.3 Å². The molecule has 2 rings (SSSR count). The minimum absolute atomic E-state index is 0.0203. The number of H-pyrrole nitrogens is 1. The summed E-state index contributed by atoms with van der Waals surface area (Å²) in [6.07, 6.45) is 0.157. The molecule has 1 aliphatic rings. The van der Waals surface area contributed by atoms with Crippen molar-refractivity contribution in [3.05, 3.63) is 56.5 Å². The molecule has 0 fully saturated rings. The van der Waals surface area contributed by atoms with E-state index in [-0.39, 0.29) is 17.6 Å². The fraction of sp³-hybridized carbons (Fsp3) is 0.429. The molecule has 1 aromatic rings. The average molecular weight is 374 g/mol. The monoisotopic (exact) mass is 374 g/mol. The molecule has 0 aliphatic carbocycles. The van der Waals surface area contributed by atoms with E-state index in [2.05, 4.69) is 4.98 Å². The highest BCUT2D eigenvalue weighted by Crippen LogP contribution is 2.40.